The van der Waals surface area contributed by atoms with Crippen LogP contribution < -0.4 is 5.73 Å². The van der Waals surface area contributed by atoms with Crippen LogP contribution >= 0.6 is 23.4 Å². The van der Waals surface area contributed by atoms with Crippen molar-refractivity contribution in [3.05, 3.63) is 58.6 Å². The zero-order valence-electron chi connectivity index (χ0n) is 11.9. The molecule has 20 heavy (non-hydrogen) atoms. The van der Waals surface area contributed by atoms with Crippen molar-refractivity contribution >= 4 is 23.4 Å². The minimum atomic E-state index is 0.159. The van der Waals surface area contributed by atoms with Crippen LogP contribution in [0.4, 0.5) is 0 Å². The summed E-state index contributed by atoms with van der Waals surface area (Å²) in [5.74, 6) is 0. The summed E-state index contributed by atoms with van der Waals surface area (Å²) in [6.45, 7) is 4.21. The van der Waals surface area contributed by atoms with Gasteiger partial charge >= 0.3 is 0 Å². The molecule has 0 spiro atoms. The van der Waals surface area contributed by atoms with Crippen LogP contribution in [0, 0.1) is 6.92 Å². The van der Waals surface area contributed by atoms with E-state index in [4.69, 9.17) is 17.3 Å². The maximum atomic E-state index is 6.36. The van der Waals surface area contributed by atoms with Crippen molar-refractivity contribution < 1.29 is 0 Å². The lowest BCUT2D eigenvalue weighted by molar-refractivity contribution is 0.641. The van der Waals surface area contributed by atoms with Crippen LogP contribution in [0.5, 0.6) is 0 Å². The Balaban J connectivity index is 2.29. The molecule has 0 bridgehead atoms. The molecule has 1 unspecified atom stereocenters. The highest BCUT2D eigenvalue weighted by Crippen LogP contribution is 2.34. The zero-order valence-corrected chi connectivity index (χ0v) is 13.5. The number of benzene rings is 2. The maximum Gasteiger partial charge on any atom is 0.0449 e. The molecule has 0 aromatic heterocycles. The first-order chi connectivity index (χ1) is 9.60. The maximum absolute atomic E-state index is 6.36. The van der Waals surface area contributed by atoms with E-state index in [0.29, 0.717) is 0 Å². The Morgan fingerprint density at radius 2 is 1.95 bits per heavy atom. The minimum Gasteiger partial charge on any atom is -0.327 e. The van der Waals surface area contributed by atoms with Gasteiger partial charge in [0.25, 0.3) is 0 Å². The quantitative estimate of drug-likeness (QED) is 0.833. The van der Waals surface area contributed by atoms with E-state index in [0.717, 1.165) is 23.4 Å². The molecular formula is C17H20ClNS. The van der Waals surface area contributed by atoms with Crippen molar-refractivity contribution in [1.29, 1.82) is 0 Å². The molecule has 0 heterocycles. The van der Waals surface area contributed by atoms with Crippen molar-refractivity contribution in [2.75, 3.05) is 0 Å². The number of aryl methyl sites for hydroxylation is 1. The topological polar surface area (TPSA) is 26.0 Å². The first-order valence-electron chi connectivity index (χ1n) is 6.87. The molecule has 2 aromatic rings. The van der Waals surface area contributed by atoms with E-state index < -0.39 is 0 Å². The van der Waals surface area contributed by atoms with E-state index in [9.17, 15) is 0 Å². The lowest BCUT2D eigenvalue weighted by Gasteiger charge is -2.15. The third-order valence-electron chi connectivity index (χ3n) is 3.28. The Bertz CT molecular complexity index is 583. The number of hydrogen-bond acceptors (Lipinski definition) is 2. The first kappa shape index (κ1) is 15.4. The van der Waals surface area contributed by atoms with Crippen molar-refractivity contribution in [3.63, 3.8) is 0 Å². The highest BCUT2D eigenvalue weighted by Gasteiger charge is 2.11. The fraction of sp³-hybridized carbons (Fsp3) is 0.294. The Labute approximate surface area is 130 Å². The predicted octanol–water partition coefficient (Wildman–Crippen LogP) is 5.08. The molecule has 0 fully saturated rings. The third-order valence-corrected chi connectivity index (χ3v) is 4.73. The first-order valence-corrected chi connectivity index (χ1v) is 8.07. The van der Waals surface area contributed by atoms with Gasteiger partial charge in [-0.3, -0.25) is 0 Å². The van der Waals surface area contributed by atoms with Gasteiger partial charge in [0.05, 0.1) is 0 Å². The van der Waals surface area contributed by atoms with Gasteiger partial charge in [0.15, 0.2) is 0 Å². The van der Waals surface area contributed by atoms with E-state index in [1.54, 1.807) is 11.8 Å². The van der Waals surface area contributed by atoms with Gasteiger partial charge in [0.1, 0.15) is 0 Å². The molecule has 0 aliphatic rings. The minimum absolute atomic E-state index is 0.159. The number of rotatable bonds is 5. The average Bonchev–Trinajstić information content (AvgIpc) is 2.42. The highest BCUT2D eigenvalue weighted by atomic mass is 35.5. The van der Waals surface area contributed by atoms with Crippen LogP contribution in [-0.4, -0.2) is 6.04 Å². The van der Waals surface area contributed by atoms with Gasteiger partial charge in [0.2, 0.25) is 0 Å². The van der Waals surface area contributed by atoms with E-state index in [2.05, 4.69) is 44.2 Å². The summed E-state index contributed by atoms with van der Waals surface area (Å²) >= 11 is 8.11. The van der Waals surface area contributed by atoms with Crippen LogP contribution in [0.3, 0.4) is 0 Å². The summed E-state index contributed by atoms with van der Waals surface area (Å²) in [5.41, 5.74) is 8.52. The summed E-state index contributed by atoms with van der Waals surface area (Å²) in [6.07, 6.45) is 1.78. The Kier molecular flexibility index (Phi) is 5.53. The van der Waals surface area contributed by atoms with E-state index in [1.807, 2.05) is 12.1 Å². The van der Waals surface area contributed by atoms with Crippen LogP contribution in [0.15, 0.2) is 52.3 Å². The molecule has 2 N–H and O–H groups in total. The Hall–Kier alpha value is -0.960. The Morgan fingerprint density at radius 3 is 2.65 bits per heavy atom. The highest BCUT2D eigenvalue weighted by molar-refractivity contribution is 7.99. The van der Waals surface area contributed by atoms with E-state index >= 15 is 0 Å². The largest absolute Gasteiger partial charge is 0.327 e. The molecule has 106 valence electrons. The number of halogens is 1. The summed E-state index contributed by atoms with van der Waals surface area (Å²) in [4.78, 5) is 2.44. The van der Waals surface area contributed by atoms with E-state index in [-0.39, 0.29) is 6.04 Å². The van der Waals surface area contributed by atoms with Gasteiger partial charge in [-0.05, 0) is 49.6 Å². The molecule has 0 saturated carbocycles. The van der Waals surface area contributed by atoms with Crippen molar-refractivity contribution in [1.82, 2.24) is 0 Å². The molecule has 0 amide bonds. The number of nitrogens with two attached hydrogens (primary N) is 1. The molecule has 0 saturated heterocycles. The predicted molar refractivity (Wildman–Crippen MR) is 88.7 cm³/mol. The molecule has 0 aliphatic heterocycles. The van der Waals surface area contributed by atoms with Crippen molar-refractivity contribution in [2.45, 2.75) is 42.5 Å². The van der Waals surface area contributed by atoms with Gasteiger partial charge in [-0.2, -0.15) is 0 Å². The average molecular weight is 306 g/mol. The molecule has 1 atom stereocenters. The smallest absolute Gasteiger partial charge is 0.0449 e. The molecule has 3 heteroatoms. The fourth-order valence-corrected chi connectivity index (χ4v) is 3.46. The van der Waals surface area contributed by atoms with Crippen LogP contribution in [-0.2, 0) is 6.42 Å². The Morgan fingerprint density at radius 1 is 1.20 bits per heavy atom. The summed E-state index contributed by atoms with van der Waals surface area (Å²) in [5, 5.41) is 0.812. The van der Waals surface area contributed by atoms with Gasteiger partial charge in [-0.25, -0.2) is 0 Å². The molecular weight excluding hydrogens is 286 g/mol. The molecule has 0 radical (unpaired) electrons. The SMILES string of the molecule is CCC(N)Cc1c(Cl)cccc1Sc1cccc(C)c1. The van der Waals surface area contributed by atoms with Gasteiger partial charge in [-0.1, -0.05) is 54.0 Å². The van der Waals surface area contributed by atoms with Crippen molar-refractivity contribution in [2.24, 2.45) is 5.73 Å². The second kappa shape index (κ2) is 7.16. The van der Waals surface area contributed by atoms with Crippen LogP contribution in [0.25, 0.3) is 0 Å². The summed E-state index contributed by atoms with van der Waals surface area (Å²) in [7, 11) is 0. The molecule has 1 nitrogen and oxygen atoms in total. The number of hydrogen-bond donors (Lipinski definition) is 1. The molecule has 2 rings (SSSR count). The monoisotopic (exact) mass is 305 g/mol. The summed E-state index contributed by atoms with van der Waals surface area (Å²) in [6, 6.07) is 14.7. The lowest BCUT2D eigenvalue weighted by Crippen LogP contribution is -2.21. The molecule has 0 aliphatic carbocycles. The third kappa shape index (κ3) is 4.02. The van der Waals surface area contributed by atoms with Gasteiger partial charge < -0.3 is 5.73 Å². The van der Waals surface area contributed by atoms with Crippen molar-refractivity contribution in [3.8, 4) is 0 Å². The zero-order chi connectivity index (χ0) is 14.5. The standard InChI is InChI=1S/C17H20ClNS/c1-3-13(19)11-15-16(18)8-5-9-17(15)20-14-7-4-6-12(2)10-14/h4-10,13H,3,11,19H2,1-2H3. The normalized spacial score (nSPS) is 12.4. The second-order valence-corrected chi connectivity index (χ2v) is 6.53. The van der Waals surface area contributed by atoms with Crippen LogP contribution in [0.1, 0.15) is 24.5 Å². The fourth-order valence-electron chi connectivity index (χ4n) is 2.04. The summed E-state index contributed by atoms with van der Waals surface area (Å²) < 4.78 is 0. The lowest BCUT2D eigenvalue weighted by atomic mass is 10.0. The molecule has 2 aromatic carbocycles. The van der Waals surface area contributed by atoms with Gasteiger partial charge in [-0.15, -0.1) is 0 Å². The second-order valence-electron chi connectivity index (χ2n) is 5.01. The van der Waals surface area contributed by atoms with E-state index in [1.165, 1.54) is 15.4 Å². The van der Waals surface area contributed by atoms with Crippen LogP contribution in [0.2, 0.25) is 5.02 Å². The van der Waals surface area contributed by atoms with Gasteiger partial charge in [0, 0.05) is 20.9 Å².